The topological polar surface area (TPSA) is 190 Å². The number of pyridine rings is 2. The maximum Gasteiger partial charge on any atom is 0.357 e. The Bertz CT molecular complexity index is 2150. The number of benzene rings is 3. The fourth-order valence-corrected chi connectivity index (χ4v) is 7.40. The molecule has 0 spiro atoms. The van der Waals surface area contributed by atoms with E-state index in [0.29, 0.717) is 4.90 Å². The molecule has 1 saturated heterocycles. The Hall–Kier alpha value is -6.42. The van der Waals surface area contributed by atoms with Gasteiger partial charge in [-0.1, -0.05) is 78.5 Å². The second-order valence-electron chi connectivity index (χ2n) is 13.0. The zero-order valence-corrected chi connectivity index (χ0v) is 31.9. The fraction of sp³-hybridized carbons (Fsp3) is 0.233. The van der Waals surface area contributed by atoms with Crippen molar-refractivity contribution < 1.29 is 52.8 Å². The van der Waals surface area contributed by atoms with Crippen LogP contribution in [0.1, 0.15) is 55.0 Å². The van der Waals surface area contributed by atoms with Gasteiger partial charge in [0.15, 0.2) is 12.2 Å². The second-order valence-corrected chi connectivity index (χ2v) is 14.4. The lowest BCUT2D eigenvalue weighted by Gasteiger charge is -2.49. The van der Waals surface area contributed by atoms with Crippen molar-refractivity contribution in [1.82, 2.24) is 15.3 Å². The lowest BCUT2D eigenvalue weighted by atomic mass is 9.89. The molecule has 1 unspecified atom stereocenters. The van der Waals surface area contributed by atoms with Crippen molar-refractivity contribution in [3.63, 3.8) is 0 Å². The summed E-state index contributed by atoms with van der Waals surface area (Å²) in [5, 5.41) is 14.0. The Kier molecular flexibility index (Phi) is 14.0. The average molecular weight is 806 g/mol. The van der Waals surface area contributed by atoms with Crippen LogP contribution in [-0.2, 0) is 28.5 Å². The molecule has 6 rings (SSSR count). The number of aromatic nitrogens is 2. The number of rotatable bonds is 15. The van der Waals surface area contributed by atoms with E-state index in [0.717, 1.165) is 11.8 Å². The van der Waals surface area contributed by atoms with Gasteiger partial charge in [-0.05, 0) is 60.7 Å². The summed E-state index contributed by atoms with van der Waals surface area (Å²) in [7, 11) is 0. The first kappa shape index (κ1) is 41.2. The lowest BCUT2D eigenvalue weighted by Crippen LogP contribution is -2.67. The molecule has 2 aromatic heterocycles. The van der Waals surface area contributed by atoms with Gasteiger partial charge in [-0.2, -0.15) is 0 Å². The van der Waals surface area contributed by atoms with E-state index in [2.05, 4.69) is 15.3 Å². The molecular formula is C43H39N3O11S. The summed E-state index contributed by atoms with van der Waals surface area (Å²) in [4.78, 5) is 75.0. The number of amides is 1. The molecule has 0 radical (unpaired) electrons. The molecule has 58 heavy (non-hydrogen) atoms. The smallest absolute Gasteiger partial charge is 0.357 e. The second kappa shape index (κ2) is 19.6. The number of ether oxygens (including phenoxy) is 5. The Labute approximate surface area is 337 Å². The number of esters is 4. The number of aliphatic hydroxyl groups excluding tert-OH is 1. The SMILES string of the molecule is CC(=O)N[C@H]1[C@H]([C@H](OC(=O)c2ccccn2)[C@@H](COC(=O)c2ccccc2)OC(=O)c2ccccn2)OC(CO)(Sc2ccccc2)C[C@@H]1OC(=O)c1ccccc1. The molecule has 0 saturated carbocycles. The summed E-state index contributed by atoms with van der Waals surface area (Å²) < 4.78 is 30.7. The van der Waals surface area contributed by atoms with E-state index in [-0.39, 0.29) is 28.9 Å². The van der Waals surface area contributed by atoms with Crippen LogP contribution in [0, 0.1) is 0 Å². The third kappa shape index (κ3) is 10.7. The average Bonchev–Trinajstić information content (AvgIpc) is 3.26. The van der Waals surface area contributed by atoms with Crippen molar-refractivity contribution >= 4 is 41.5 Å². The van der Waals surface area contributed by atoms with Crippen molar-refractivity contribution in [2.24, 2.45) is 0 Å². The summed E-state index contributed by atoms with van der Waals surface area (Å²) in [6.07, 6.45) is -3.67. The number of hydrogen-bond donors (Lipinski definition) is 2. The predicted molar refractivity (Wildman–Crippen MR) is 208 cm³/mol. The molecular weight excluding hydrogens is 767 g/mol. The van der Waals surface area contributed by atoms with Crippen LogP contribution in [0.3, 0.4) is 0 Å². The molecule has 2 N–H and O–H groups in total. The number of nitrogens with zero attached hydrogens (tertiary/aromatic N) is 2. The first-order chi connectivity index (χ1) is 28.1. The first-order valence-corrected chi connectivity index (χ1v) is 19.0. The molecule has 15 heteroatoms. The molecule has 1 fully saturated rings. The summed E-state index contributed by atoms with van der Waals surface area (Å²) >= 11 is 1.10. The molecule has 1 amide bonds. The Morgan fingerprint density at radius 3 is 1.81 bits per heavy atom. The van der Waals surface area contributed by atoms with Gasteiger partial charge in [0.05, 0.1) is 23.8 Å². The number of carbonyl (C=O) groups is 5. The summed E-state index contributed by atoms with van der Waals surface area (Å²) in [6, 6.07) is 32.9. The molecule has 1 aliphatic heterocycles. The van der Waals surface area contributed by atoms with Crippen LogP contribution >= 0.6 is 11.8 Å². The highest BCUT2D eigenvalue weighted by Gasteiger charge is 2.55. The highest BCUT2D eigenvalue weighted by Crippen LogP contribution is 2.45. The van der Waals surface area contributed by atoms with Crippen LogP contribution in [0.15, 0.2) is 145 Å². The van der Waals surface area contributed by atoms with Gasteiger partial charge in [-0.3, -0.25) is 4.79 Å². The molecule has 3 aromatic carbocycles. The zero-order chi connectivity index (χ0) is 40.9. The third-order valence-corrected chi connectivity index (χ3v) is 10.1. The van der Waals surface area contributed by atoms with E-state index in [4.69, 9.17) is 23.7 Å². The minimum atomic E-state index is -1.75. The Balaban J connectivity index is 1.48. The van der Waals surface area contributed by atoms with Crippen LogP contribution in [-0.4, -0.2) is 93.5 Å². The summed E-state index contributed by atoms with van der Waals surface area (Å²) in [5.41, 5.74) is 0.106. The normalized spacial score (nSPS) is 19.7. The van der Waals surface area contributed by atoms with Crippen molar-refractivity contribution in [1.29, 1.82) is 0 Å². The van der Waals surface area contributed by atoms with Crippen LogP contribution in [0.25, 0.3) is 0 Å². The monoisotopic (exact) mass is 805 g/mol. The van der Waals surface area contributed by atoms with Crippen LogP contribution in [0.2, 0.25) is 0 Å². The number of nitrogens with one attached hydrogen (secondary N) is 1. The van der Waals surface area contributed by atoms with Crippen molar-refractivity contribution in [3.8, 4) is 0 Å². The van der Waals surface area contributed by atoms with E-state index in [1.165, 1.54) is 43.6 Å². The third-order valence-electron chi connectivity index (χ3n) is 8.87. The molecule has 5 aromatic rings. The van der Waals surface area contributed by atoms with Gasteiger partial charge in [0.1, 0.15) is 35.1 Å². The maximum atomic E-state index is 14.0. The van der Waals surface area contributed by atoms with E-state index in [1.54, 1.807) is 97.1 Å². The van der Waals surface area contributed by atoms with Gasteiger partial charge in [-0.15, -0.1) is 0 Å². The van der Waals surface area contributed by atoms with E-state index < -0.39 is 78.4 Å². The summed E-state index contributed by atoms with van der Waals surface area (Å²) in [5.74, 6) is -4.12. The van der Waals surface area contributed by atoms with E-state index in [1.807, 2.05) is 6.07 Å². The van der Waals surface area contributed by atoms with E-state index >= 15 is 0 Å². The van der Waals surface area contributed by atoms with Gasteiger partial charge in [0.25, 0.3) is 0 Å². The van der Waals surface area contributed by atoms with Gasteiger partial charge < -0.3 is 34.1 Å². The van der Waals surface area contributed by atoms with Crippen molar-refractivity contribution in [2.75, 3.05) is 13.2 Å². The van der Waals surface area contributed by atoms with Crippen molar-refractivity contribution in [3.05, 3.63) is 162 Å². The number of aliphatic hydroxyl groups is 1. The summed E-state index contributed by atoms with van der Waals surface area (Å²) in [6.45, 7) is -0.141. The zero-order valence-electron chi connectivity index (χ0n) is 31.1. The molecule has 6 atom stereocenters. The lowest BCUT2D eigenvalue weighted by molar-refractivity contribution is -0.201. The highest BCUT2D eigenvalue weighted by atomic mass is 32.2. The largest absolute Gasteiger partial charge is 0.458 e. The Morgan fingerprint density at radius 2 is 1.28 bits per heavy atom. The van der Waals surface area contributed by atoms with Gasteiger partial charge in [0, 0.05) is 30.6 Å². The van der Waals surface area contributed by atoms with Crippen LogP contribution in [0.5, 0.6) is 0 Å². The van der Waals surface area contributed by atoms with Crippen molar-refractivity contribution in [2.45, 2.75) is 53.6 Å². The molecule has 3 heterocycles. The standard InChI is InChI=1S/C43H39N3O11S/c1-28(48)46-36-34(54-40(50)30-17-7-3-8-18-30)25-43(27-47,58-31-19-9-4-10-20-31)57-38(36)37(56-42(52)33-22-12-14-24-45-33)35(55-41(51)32-21-11-13-23-44-32)26-53-39(49)29-15-5-2-6-16-29/h2-24,34-38,47H,25-27H2,1H3,(H,46,48)/t34-,35+,36+,37+,38+,43?/m0/s1. The molecule has 0 bridgehead atoms. The van der Waals surface area contributed by atoms with Crippen LogP contribution < -0.4 is 5.32 Å². The molecule has 0 aliphatic carbocycles. The highest BCUT2D eigenvalue weighted by molar-refractivity contribution is 8.00. The van der Waals surface area contributed by atoms with Gasteiger partial charge in [0.2, 0.25) is 5.91 Å². The first-order valence-electron chi connectivity index (χ1n) is 18.2. The molecule has 1 aliphatic rings. The minimum Gasteiger partial charge on any atom is -0.458 e. The number of hydrogen-bond acceptors (Lipinski definition) is 14. The minimum absolute atomic E-state index is 0.126. The quantitative estimate of drug-likeness (QED) is 0.105. The predicted octanol–water partition coefficient (Wildman–Crippen LogP) is 5.08. The fourth-order valence-electron chi connectivity index (χ4n) is 6.21. The number of carbonyl (C=O) groups excluding carboxylic acids is 5. The number of thioether (sulfide) groups is 1. The Morgan fingerprint density at radius 1 is 0.741 bits per heavy atom. The molecule has 298 valence electrons. The van der Waals surface area contributed by atoms with Gasteiger partial charge in [-0.25, -0.2) is 29.1 Å². The molecule has 14 nitrogen and oxygen atoms in total. The van der Waals surface area contributed by atoms with E-state index in [9.17, 15) is 29.1 Å². The van der Waals surface area contributed by atoms with Crippen LogP contribution in [0.4, 0.5) is 0 Å². The maximum absolute atomic E-state index is 14.0. The van der Waals surface area contributed by atoms with Gasteiger partial charge >= 0.3 is 23.9 Å².